The number of hydrogen-bond acceptors (Lipinski definition) is 5. The van der Waals surface area contributed by atoms with E-state index in [0.717, 1.165) is 11.8 Å². The van der Waals surface area contributed by atoms with Crippen LogP contribution in [0.25, 0.3) is 0 Å². The Kier molecular flexibility index (Phi) is 7.14. The van der Waals surface area contributed by atoms with Crippen molar-refractivity contribution in [2.75, 3.05) is 11.9 Å². The molecule has 0 spiro atoms. The third-order valence-electron chi connectivity index (χ3n) is 4.14. The maximum absolute atomic E-state index is 13.0. The van der Waals surface area contributed by atoms with Gasteiger partial charge in [-0.05, 0) is 48.5 Å². The number of halogens is 2. The van der Waals surface area contributed by atoms with Crippen LogP contribution in [0.3, 0.4) is 0 Å². The molecule has 7 nitrogen and oxygen atoms in total. The van der Waals surface area contributed by atoms with Crippen LogP contribution < -0.4 is 5.32 Å². The third-order valence-corrected chi connectivity index (χ3v) is 6.96. The number of thioether (sulfide) groups is 1. The summed E-state index contributed by atoms with van der Waals surface area (Å²) in [7, 11) is -4.10. The topological polar surface area (TPSA) is 95.9 Å². The minimum absolute atomic E-state index is 0.0386. The first-order valence-corrected chi connectivity index (χ1v) is 11.6. The number of benzene rings is 2. The highest BCUT2D eigenvalue weighted by molar-refractivity contribution is 8.16. The monoisotopic (exact) mass is 481 g/mol. The van der Waals surface area contributed by atoms with Crippen molar-refractivity contribution in [3.8, 4) is 0 Å². The molecule has 0 aromatic heterocycles. The Bertz CT molecular complexity index is 1140. The van der Waals surface area contributed by atoms with Gasteiger partial charge in [-0.2, -0.15) is 8.42 Å². The summed E-state index contributed by atoms with van der Waals surface area (Å²) in [4.78, 5) is 26.2. The van der Waals surface area contributed by atoms with E-state index in [1.165, 1.54) is 59.5 Å². The highest BCUT2D eigenvalue weighted by Crippen LogP contribution is 2.31. The van der Waals surface area contributed by atoms with Crippen molar-refractivity contribution in [2.45, 2.75) is 16.6 Å². The Morgan fingerprint density at radius 2 is 1.87 bits per heavy atom. The quantitative estimate of drug-likeness (QED) is 0.608. The van der Waals surface area contributed by atoms with Gasteiger partial charge in [-0.3, -0.25) is 14.5 Å². The third kappa shape index (κ3) is 5.72. The minimum Gasteiger partial charge on any atom is -0.326 e. The van der Waals surface area contributed by atoms with Gasteiger partial charge in [-0.15, -0.1) is 11.0 Å². The molecule has 31 heavy (non-hydrogen) atoms. The second kappa shape index (κ2) is 9.63. The van der Waals surface area contributed by atoms with Crippen molar-refractivity contribution in [3.05, 3.63) is 72.0 Å². The molecule has 3 rings (SSSR count). The smallest absolute Gasteiger partial charge is 0.284 e. The number of rotatable bonds is 7. The van der Waals surface area contributed by atoms with Gasteiger partial charge in [0.2, 0.25) is 11.8 Å². The first-order valence-electron chi connectivity index (χ1n) is 8.94. The summed E-state index contributed by atoms with van der Waals surface area (Å²) in [6.07, 6.45) is 1.22. The molecule has 162 valence electrons. The first-order chi connectivity index (χ1) is 14.7. The van der Waals surface area contributed by atoms with Crippen LogP contribution in [-0.4, -0.2) is 42.1 Å². The molecule has 1 aliphatic rings. The van der Waals surface area contributed by atoms with E-state index in [4.69, 9.17) is 11.6 Å². The molecule has 1 N–H and O–H groups in total. The van der Waals surface area contributed by atoms with E-state index in [9.17, 15) is 22.4 Å². The van der Waals surface area contributed by atoms with Crippen molar-refractivity contribution in [3.63, 3.8) is 0 Å². The normalized spacial score (nSPS) is 17.7. The molecule has 1 atom stereocenters. The summed E-state index contributed by atoms with van der Waals surface area (Å²) in [5.74, 6) is -1.37. The standard InChI is InChI=1S/C20H17ClFN3O4S2/c1-2-11-25-19(27)17(12-18(26)23-15-7-5-14(22)6-8-15)30-20(25)24-31(28,29)16-9-3-13(21)4-10-16/h2-10,17H,1,11-12H2,(H,23,26). The van der Waals surface area contributed by atoms with Crippen LogP contribution in [-0.2, 0) is 19.6 Å². The van der Waals surface area contributed by atoms with Crippen molar-refractivity contribution >= 4 is 56.1 Å². The summed E-state index contributed by atoms with van der Waals surface area (Å²) in [6.45, 7) is 3.61. The van der Waals surface area contributed by atoms with Gasteiger partial charge in [-0.1, -0.05) is 29.4 Å². The van der Waals surface area contributed by atoms with Crippen molar-refractivity contribution < 1.29 is 22.4 Å². The highest BCUT2D eigenvalue weighted by atomic mass is 35.5. The summed E-state index contributed by atoms with van der Waals surface area (Å²) in [5, 5.41) is 2.05. The zero-order chi connectivity index (χ0) is 22.6. The maximum atomic E-state index is 13.0. The molecule has 1 heterocycles. The molecule has 1 unspecified atom stereocenters. The van der Waals surface area contributed by atoms with Gasteiger partial charge in [0.05, 0.1) is 4.90 Å². The Labute approximate surface area is 188 Å². The molecule has 1 aliphatic heterocycles. The van der Waals surface area contributed by atoms with Crippen molar-refractivity contribution in [1.29, 1.82) is 0 Å². The zero-order valence-electron chi connectivity index (χ0n) is 16.0. The van der Waals surface area contributed by atoms with Gasteiger partial charge in [0, 0.05) is 23.7 Å². The summed E-state index contributed by atoms with van der Waals surface area (Å²) in [5.41, 5.74) is 0.379. The molecule has 0 radical (unpaired) electrons. The van der Waals surface area contributed by atoms with Gasteiger partial charge in [0.1, 0.15) is 11.1 Å². The number of nitrogens with zero attached hydrogens (tertiary/aromatic N) is 2. The van der Waals surface area contributed by atoms with Crippen LogP contribution in [0.1, 0.15) is 6.42 Å². The van der Waals surface area contributed by atoms with Crippen molar-refractivity contribution in [1.82, 2.24) is 4.90 Å². The fraction of sp³-hybridized carbons (Fsp3) is 0.150. The Morgan fingerprint density at radius 3 is 2.48 bits per heavy atom. The molecule has 0 bridgehead atoms. The lowest BCUT2D eigenvalue weighted by molar-refractivity contribution is -0.127. The van der Waals surface area contributed by atoms with E-state index in [0.29, 0.717) is 10.7 Å². The highest BCUT2D eigenvalue weighted by Gasteiger charge is 2.39. The molecule has 0 aliphatic carbocycles. The fourth-order valence-electron chi connectivity index (χ4n) is 2.68. The van der Waals surface area contributed by atoms with Crippen LogP contribution in [0, 0.1) is 5.82 Å². The molecule has 2 amide bonds. The predicted molar refractivity (Wildman–Crippen MR) is 119 cm³/mol. The Morgan fingerprint density at radius 1 is 1.23 bits per heavy atom. The van der Waals surface area contributed by atoms with Gasteiger partial charge in [0.15, 0.2) is 5.17 Å². The number of carbonyl (C=O) groups is 2. The molecule has 0 saturated carbocycles. The van der Waals surface area contributed by atoms with E-state index in [1.54, 1.807) is 0 Å². The minimum atomic E-state index is -4.10. The second-order valence-corrected chi connectivity index (χ2v) is 9.62. The van der Waals surface area contributed by atoms with E-state index in [2.05, 4.69) is 16.3 Å². The van der Waals surface area contributed by atoms with E-state index < -0.39 is 32.9 Å². The first kappa shape index (κ1) is 23.0. The average Bonchev–Trinajstić information content (AvgIpc) is 2.98. The lowest BCUT2D eigenvalue weighted by Crippen LogP contribution is -2.33. The SMILES string of the molecule is C=CCN1C(=O)C(CC(=O)Nc2ccc(F)cc2)SC1=NS(=O)(=O)c1ccc(Cl)cc1. The van der Waals surface area contributed by atoms with Gasteiger partial charge in [-0.25, -0.2) is 4.39 Å². The molecular weight excluding hydrogens is 465 g/mol. The van der Waals surface area contributed by atoms with Gasteiger partial charge in [0.25, 0.3) is 10.0 Å². The van der Waals surface area contributed by atoms with E-state index >= 15 is 0 Å². The number of amidine groups is 1. The van der Waals surface area contributed by atoms with Crippen molar-refractivity contribution in [2.24, 2.45) is 4.40 Å². The van der Waals surface area contributed by atoms with Crippen LogP contribution in [0.5, 0.6) is 0 Å². The number of hydrogen-bond donors (Lipinski definition) is 1. The molecule has 1 saturated heterocycles. The Balaban J connectivity index is 1.78. The lowest BCUT2D eigenvalue weighted by atomic mass is 10.2. The molecule has 1 fully saturated rings. The number of sulfonamides is 1. The zero-order valence-corrected chi connectivity index (χ0v) is 18.4. The predicted octanol–water partition coefficient (Wildman–Crippen LogP) is 3.68. The summed E-state index contributed by atoms with van der Waals surface area (Å²) >= 11 is 6.68. The average molecular weight is 482 g/mol. The van der Waals surface area contributed by atoms with Crippen LogP contribution in [0.4, 0.5) is 10.1 Å². The number of nitrogens with one attached hydrogen (secondary N) is 1. The lowest BCUT2D eigenvalue weighted by Gasteiger charge is -2.13. The maximum Gasteiger partial charge on any atom is 0.284 e. The fourth-order valence-corrected chi connectivity index (χ4v) is 5.17. The second-order valence-electron chi connectivity index (χ2n) is 6.41. The summed E-state index contributed by atoms with van der Waals surface area (Å²) < 4.78 is 42.1. The molecule has 2 aromatic rings. The largest absolute Gasteiger partial charge is 0.326 e. The van der Waals surface area contributed by atoms with Crippen LogP contribution in [0.15, 0.2) is 70.5 Å². The Hall–Kier alpha value is -2.69. The molecular formula is C20H17ClFN3O4S2. The van der Waals surface area contributed by atoms with Gasteiger partial charge >= 0.3 is 0 Å². The number of amides is 2. The summed E-state index contributed by atoms with van der Waals surface area (Å²) in [6, 6.07) is 10.7. The molecule has 2 aromatic carbocycles. The van der Waals surface area contributed by atoms with E-state index in [-0.39, 0.29) is 23.0 Å². The number of carbonyl (C=O) groups excluding carboxylic acids is 2. The van der Waals surface area contributed by atoms with Crippen LogP contribution in [0.2, 0.25) is 5.02 Å². The molecule has 11 heteroatoms. The number of anilines is 1. The van der Waals surface area contributed by atoms with Crippen LogP contribution >= 0.6 is 23.4 Å². The van der Waals surface area contributed by atoms with Gasteiger partial charge < -0.3 is 5.32 Å². The van der Waals surface area contributed by atoms with E-state index in [1.807, 2.05) is 0 Å².